The zero-order chi connectivity index (χ0) is 27.8. The number of fused-ring (bicyclic) bond motifs is 5. The summed E-state index contributed by atoms with van der Waals surface area (Å²) in [5.41, 5.74) is 2.86. The minimum atomic E-state index is -1.93. The fraction of sp³-hybridized carbons (Fsp3) is 0.448. The predicted molar refractivity (Wildman–Crippen MR) is 142 cm³/mol. The summed E-state index contributed by atoms with van der Waals surface area (Å²) in [6.07, 6.45) is 1.32. The van der Waals surface area contributed by atoms with Crippen molar-refractivity contribution in [1.29, 1.82) is 0 Å². The highest BCUT2D eigenvalue weighted by Crippen LogP contribution is 2.45. The number of benzene rings is 1. The molecule has 6 rings (SSSR count). The molecular weight excluding hydrogens is 503 g/mol. The topological polar surface area (TPSA) is 123 Å². The van der Waals surface area contributed by atoms with Crippen LogP contribution in [0.4, 0.5) is 4.39 Å². The Morgan fingerprint density at radius 3 is 2.77 bits per heavy atom. The van der Waals surface area contributed by atoms with Crippen molar-refractivity contribution in [2.45, 2.75) is 77.8 Å². The Morgan fingerprint density at radius 2 is 2.05 bits per heavy atom. The van der Waals surface area contributed by atoms with Crippen molar-refractivity contribution in [3.63, 3.8) is 0 Å². The van der Waals surface area contributed by atoms with Crippen LogP contribution in [0.15, 0.2) is 16.9 Å². The van der Waals surface area contributed by atoms with E-state index in [-0.39, 0.29) is 66.6 Å². The molecule has 0 spiro atoms. The normalized spacial score (nSPS) is 21.0. The number of nitrogens with zero attached hydrogens (tertiary/aromatic N) is 2. The molecule has 0 saturated carbocycles. The van der Waals surface area contributed by atoms with Gasteiger partial charge >= 0.3 is 5.97 Å². The molecule has 2 atom stereocenters. The first-order valence-electron chi connectivity index (χ1n) is 13.4. The summed E-state index contributed by atoms with van der Waals surface area (Å²) < 4.78 is 21.8. The number of aryl methyl sites for hydroxylation is 1. The van der Waals surface area contributed by atoms with Crippen LogP contribution in [0.1, 0.15) is 73.0 Å². The van der Waals surface area contributed by atoms with Crippen LogP contribution < -0.4 is 16.2 Å². The first-order valence-corrected chi connectivity index (χ1v) is 13.4. The average molecular weight is 535 g/mol. The number of carbonyl (C=O) groups is 2. The molecular formula is C29H31FN4O5. The molecule has 10 heteroatoms. The monoisotopic (exact) mass is 534 g/mol. The Labute approximate surface area is 224 Å². The van der Waals surface area contributed by atoms with Crippen molar-refractivity contribution >= 4 is 22.8 Å². The number of ether oxygens (including phenoxy) is 1. The summed E-state index contributed by atoms with van der Waals surface area (Å²) >= 11 is 0. The fourth-order valence-corrected chi connectivity index (χ4v) is 6.35. The second-order valence-electron chi connectivity index (χ2n) is 11.0. The van der Waals surface area contributed by atoms with Crippen molar-refractivity contribution in [3.8, 4) is 11.4 Å². The second-order valence-corrected chi connectivity index (χ2v) is 11.0. The highest BCUT2D eigenvalue weighted by Gasteiger charge is 2.46. The summed E-state index contributed by atoms with van der Waals surface area (Å²) in [7, 11) is 0. The van der Waals surface area contributed by atoms with E-state index in [1.165, 1.54) is 6.07 Å². The lowest BCUT2D eigenvalue weighted by Crippen LogP contribution is -2.44. The number of cyclic esters (lactones) is 1. The van der Waals surface area contributed by atoms with E-state index >= 15 is 4.39 Å². The number of nitrogens with one attached hydrogen (secondary N) is 2. The molecule has 0 radical (unpaired) electrons. The number of aliphatic hydroxyl groups is 1. The molecule has 39 heavy (non-hydrogen) atoms. The summed E-state index contributed by atoms with van der Waals surface area (Å²) in [6.45, 7) is 7.36. The smallest absolute Gasteiger partial charge is 0.343 e. The van der Waals surface area contributed by atoms with E-state index in [2.05, 4.69) is 10.6 Å². The molecule has 3 aliphatic rings. The third-order valence-electron chi connectivity index (χ3n) is 8.34. The Kier molecular flexibility index (Phi) is 5.89. The Morgan fingerprint density at radius 1 is 1.28 bits per heavy atom. The van der Waals surface area contributed by atoms with Crippen molar-refractivity contribution < 1.29 is 23.8 Å². The number of halogens is 1. The molecule has 9 nitrogen and oxygen atoms in total. The van der Waals surface area contributed by atoms with Gasteiger partial charge in [0.05, 0.1) is 35.6 Å². The fourth-order valence-electron chi connectivity index (χ4n) is 6.35. The zero-order valence-corrected chi connectivity index (χ0v) is 22.4. The van der Waals surface area contributed by atoms with Gasteiger partial charge in [-0.25, -0.2) is 14.2 Å². The van der Waals surface area contributed by atoms with Crippen molar-refractivity contribution in [1.82, 2.24) is 20.2 Å². The van der Waals surface area contributed by atoms with Crippen molar-refractivity contribution in [3.05, 3.63) is 61.7 Å². The SMILES string of the molecule is CC[C@@]1(O)C(=O)OCc2c1cc1n(c2=O)Cc2c-1nc1cc(F)c(C)c3c1c2[C@@H](NCC(=O)NC(C)C)CC3. The minimum absolute atomic E-state index is 0.0129. The van der Waals surface area contributed by atoms with Crippen LogP contribution in [-0.4, -0.2) is 39.1 Å². The van der Waals surface area contributed by atoms with E-state index in [0.29, 0.717) is 35.3 Å². The van der Waals surface area contributed by atoms with Crippen LogP contribution >= 0.6 is 0 Å². The number of rotatable bonds is 5. The van der Waals surface area contributed by atoms with Crippen LogP contribution in [-0.2, 0) is 39.5 Å². The number of carbonyl (C=O) groups excluding carboxylic acids is 2. The van der Waals surface area contributed by atoms with Crippen LogP contribution in [0, 0.1) is 12.7 Å². The van der Waals surface area contributed by atoms with Gasteiger partial charge in [-0.1, -0.05) is 6.92 Å². The van der Waals surface area contributed by atoms with Gasteiger partial charge in [0.25, 0.3) is 5.56 Å². The van der Waals surface area contributed by atoms with Gasteiger partial charge in [0, 0.05) is 34.7 Å². The summed E-state index contributed by atoms with van der Waals surface area (Å²) in [5.74, 6) is -1.25. The summed E-state index contributed by atoms with van der Waals surface area (Å²) in [4.78, 5) is 43.5. The third-order valence-corrected chi connectivity index (χ3v) is 8.34. The molecule has 3 aromatic rings. The minimum Gasteiger partial charge on any atom is -0.458 e. The van der Waals surface area contributed by atoms with E-state index in [0.717, 1.165) is 22.1 Å². The number of hydrogen-bond donors (Lipinski definition) is 3. The molecule has 1 aromatic carbocycles. The number of amides is 1. The predicted octanol–water partition coefficient (Wildman–Crippen LogP) is 2.63. The number of esters is 1. The largest absolute Gasteiger partial charge is 0.458 e. The van der Waals surface area contributed by atoms with Gasteiger partial charge in [0.2, 0.25) is 5.91 Å². The molecule has 2 aromatic heterocycles. The Bertz CT molecular complexity index is 1650. The average Bonchev–Trinajstić information content (AvgIpc) is 3.27. The van der Waals surface area contributed by atoms with Gasteiger partial charge in [-0.05, 0) is 62.8 Å². The second kappa shape index (κ2) is 8.96. The number of hydrogen-bond acceptors (Lipinski definition) is 7. The molecule has 2 aliphatic heterocycles. The first kappa shape index (κ1) is 25.6. The van der Waals surface area contributed by atoms with Crippen molar-refractivity contribution in [2.24, 2.45) is 0 Å². The maximum absolute atomic E-state index is 15.0. The maximum atomic E-state index is 15.0. The lowest BCUT2D eigenvalue weighted by atomic mass is 9.81. The number of pyridine rings is 2. The summed E-state index contributed by atoms with van der Waals surface area (Å²) in [6, 6.07) is 2.88. The van der Waals surface area contributed by atoms with Gasteiger partial charge < -0.3 is 25.0 Å². The van der Waals surface area contributed by atoms with Gasteiger partial charge in [-0.2, -0.15) is 0 Å². The first-order chi connectivity index (χ1) is 18.5. The van der Waals surface area contributed by atoms with E-state index in [1.807, 2.05) is 13.8 Å². The lowest BCUT2D eigenvalue weighted by molar-refractivity contribution is -0.172. The highest BCUT2D eigenvalue weighted by atomic mass is 19.1. The van der Waals surface area contributed by atoms with E-state index in [4.69, 9.17) is 9.72 Å². The highest BCUT2D eigenvalue weighted by molar-refractivity contribution is 5.93. The quantitative estimate of drug-likeness (QED) is 0.337. The summed E-state index contributed by atoms with van der Waals surface area (Å²) in [5, 5.41) is 18.3. The molecule has 3 N–H and O–H groups in total. The Balaban J connectivity index is 1.56. The molecule has 0 saturated heterocycles. The molecule has 1 amide bonds. The van der Waals surface area contributed by atoms with Gasteiger partial charge in [-0.15, -0.1) is 0 Å². The molecule has 0 unspecified atom stereocenters. The Hall–Kier alpha value is -3.63. The van der Waals surface area contributed by atoms with Crippen LogP contribution in [0.2, 0.25) is 0 Å². The molecule has 204 valence electrons. The molecule has 0 bridgehead atoms. The zero-order valence-electron chi connectivity index (χ0n) is 22.4. The van der Waals surface area contributed by atoms with Crippen LogP contribution in [0.25, 0.3) is 22.3 Å². The maximum Gasteiger partial charge on any atom is 0.343 e. The van der Waals surface area contributed by atoms with Gasteiger partial charge in [0.15, 0.2) is 5.60 Å². The standard InChI is InChI=1S/C29H31FN4O5/c1-5-29(38)18-8-22-26-16(11-34(22)27(36)17(18)12-39-28(29)37)25-20(31-10-23(35)32-13(2)3)7-6-15-14(4)19(30)9-21(33-26)24(15)25/h8-9,13,20,31,38H,5-7,10-12H2,1-4H3,(H,32,35)/t20-,29-/m0/s1. The molecule has 1 aliphatic carbocycles. The molecule has 0 fully saturated rings. The van der Waals surface area contributed by atoms with Gasteiger partial charge in [0.1, 0.15) is 12.4 Å². The molecule has 4 heterocycles. The number of aromatic nitrogens is 2. The van der Waals surface area contributed by atoms with E-state index < -0.39 is 11.6 Å². The van der Waals surface area contributed by atoms with E-state index in [9.17, 15) is 19.5 Å². The van der Waals surface area contributed by atoms with Crippen molar-refractivity contribution in [2.75, 3.05) is 6.54 Å². The lowest BCUT2D eigenvalue weighted by Gasteiger charge is -2.31. The van der Waals surface area contributed by atoms with Crippen LogP contribution in [0.3, 0.4) is 0 Å². The third kappa shape index (κ3) is 3.72. The van der Waals surface area contributed by atoms with Gasteiger partial charge in [-0.3, -0.25) is 9.59 Å². The van der Waals surface area contributed by atoms with Crippen LogP contribution in [0.5, 0.6) is 0 Å². The van der Waals surface area contributed by atoms with E-state index in [1.54, 1.807) is 24.5 Å².